The molecule has 3 unspecified atom stereocenters. The molecule has 3 nitrogen and oxygen atoms in total. The van der Waals surface area contributed by atoms with Crippen molar-refractivity contribution >= 4 is 5.91 Å². The molecule has 1 aromatic rings. The van der Waals surface area contributed by atoms with Gasteiger partial charge < -0.3 is 11.1 Å². The molecule has 0 saturated carbocycles. The van der Waals surface area contributed by atoms with Crippen molar-refractivity contribution < 1.29 is 4.79 Å². The molecule has 1 heterocycles. The quantitative estimate of drug-likeness (QED) is 0.788. The summed E-state index contributed by atoms with van der Waals surface area (Å²) in [7, 11) is 0. The molecule has 18 heavy (non-hydrogen) atoms. The second-order valence-corrected chi connectivity index (χ2v) is 5.96. The van der Waals surface area contributed by atoms with Gasteiger partial charge in [0.05, 0.1) is 0 Å². The van der Waals surface area contributed by atoms with Gasteiger partial charge >= 0.3 is 0 Å². The smallest absolute Gasteiger partial charge is 0.248 e. The lowest BCUT2D eigenvalue weighted by atomic mass is 9.59. The van der Waals surface area contributed by atoms with Gasteiger partial charge in [0, 0.05) is 11.6 Å². The van der Waals surface area contributed by atoms with E-state index in [2.05, 4.69) is 25.2 Å². The molecule has 96 valence electrons. The number of fused-ring (bicyclic) bond motifs is 4. The van der Waals surface area contributed by atoms with Crippen LogP contribution in [0.5, 0.6) is 0 Å². The van der Waals surface area contributed by atoms with Crippen LogP contribution in [-0.4, -0.2) is 18.5 Å². The summed E-state index contributed by atoms with van der Waals surface area (Å²) in [6, 6.07) is 6.53. The molecule has 0 radical (unpaired) electrons. The van der Waals surface area contributed by atoms with E-state index in [0.29, 0.717) is 17.5 Å². The monoisotopic (exact) mass is 244 g/mol. The summed E-state index contributed by atoms with van der Waals surface area (Å²) in [4.78, 5) is 11.4. The summed E-state index contributed by atoms with van der Waals surface area (Å²) in [5.74, 6) is 0.270. The summed E-state index contributed by atoms with van der Waals surface area (Å²) in [5.41, 5.74) is 8.93. The minimum Gasteiger partial charge on any atom is -0.366 e. The highest BCUT2D eigenvalue weighted by Gasteiger charge is 2.45. The van der Waals surface area contributed by atoms with Crippen LogP contribution in [0.15, 0.2) is 18.2 Å². The molecule has 3 heteroatoms. The third kappa shape index (κ3) is 1.50. The first-order chi connectivity index (χ1) is 8.52. The van der Waals surface area contributed by atoms with E-state index >= 15 is 0 Å². The van der Waals surface area contributed by atoms with E-state index in [1.807, 2.05) is 12.1 Å². The number of amides is 1. The highest BCUT2D eigenvalue weighted by Crippen LogP contribution is 2.46. The van der Waals surface area contributed by atoms with Crippen molar-refractivity contribution in [2.45, 2.75) is 38.1 Å². The summed E-state index contributed by atoms with van der Waals surface area (Å²) in [5, 5.41) is 3.61. The number of nitrogens with two attached hydrogens (primary N) is 1. The number of hydrogen-bond donors (Lipinski definition) is 2. The fraction of sp³-hybridized carbons (Fsp3) is 0.533. The second kappa shape index (κ2) is 3.82. The number of benzene rings is 1. The van der Waals surface area contributed by atoms with Gasteiger partial charge in [0.25, 0.3) is 0 Å². The average Bonchev–Trinajstić information content (AvgIpc) is 2.33. The van der Waals surface area contributed by atoms with E-state index in [9.17, 15) is 4.79 Å². The molecule has 1 fully saturated rings. The van der Waals surface area contributed by atoms with Crippen molar-refractivity contribution in [3.05, 3.63) is 34.9 Å². The lowest BCUT2D eigenvalue weighted by Crippen LogP contribution is -2.56. The summed E-state index contributed by atoms with van der Waals surface area (Å²) in [6.45, 7) is 5.71. The Morgan fingerprint density at radius 2 is 2.28 bits per heavy atom. The molecule has 3 atom stereocenters. The van der Waals surface area contributed by atoms with Crippen LogP contribution in [0.1, 0.15) is 41.8 Å². The maximum Gasteiger partial charge on any atom is 0.248 e. The molecule has 1 aromatic carbocycles. The Morgan fingerprint density at radius 1 is 1.50 bits per heavy atom. The molecule has 1 aliphatic heterocycles. The number of piperidine rings is 1. The van der Waals surface area contributed by atoms with Gasteiger partial charge in [-0.25, -0.2) is 0 Å². The first-order valence-corrected chi connectivity index (χ1v) is 6.69. The molecule has 3 rings (SSSR count). The molecular weight excluding hydrogens is 224 g/mol. The van der Waals surface area contributed by atoms with Crippen LogP contribution in [0.2, 0.25) is 0 Å². The highest BCUT2D eigenvalue weighted by atomic mass is 16.1. The fourth-order valence-corrected chi connectivity index (χ4v) is 3.67. The van der Waals surface area contributed by atoms with Gasteiger partial charge in [0.15, 0.2) is 0 Å². The molecule has 1 amide bonds. The minimum atomic E-state index is -0.329. The number of nitrogens with one attached hydrogen (secondary N) is 1. The van der Waals surface area contributed by atoms with E-state index in [-0.39, 0.29) is 11.3 Å². The van der Waals surface area contributed by atoms with Crippen LogP contribution < -0.4 is 11.1 Å². The Bertz CT molecular complexity index is 511. The first-order valence-electron chi connectivity index (χ1n) is 6.69. The lowest BCUT2D eigenvalue weighted by Gasteiger charge is -2.50. The van der Waals surface area contributed by atoms with Crippen LogP contribution in [0, 0.1) is 5.92 Å². The largest absolute Gasteiger partial charge is 0.366 e. The van der Waals surface area contributed by atoms with E-state index in [0.717, 1.165) is 19.4 Å². The third-order valence-electron chi connectivity index (χ3n) is 5.11. The van der Waals surface area contributed by atoms with E-state index in [1.54, 1.807) is 0 Å². The predicted octanol–water partition coefficient (Wildman–Crippen LogP) is 1.60. The molecule has 3 N–H and O–H groups in total. The lowest BCUT2D eigenvalue weighted by molar-refractivity contribution is 0.0999. The first kappa shape index (κ1) is 11.7. The van der Waals surface area contributed by atoms with Gasteiger partial charge in [-0.1, -0.05) is 19.9 Å². The highest BCUT2D eigenvalue weighted by molar-refractivity contribution is 5.93. The zero-order valence-electron chi connectivity index (χ0n) is 11.0. The Kier molecular flexibility index (Phi) is 2.49. The molecule has 1 aliphatic carbocycles. The van der Waals surface area contributed by atoms with Gasteiger partial charge in [-0.3, -0.25) is 4.79 Å². The minimum absolute atomic E-state index is 0.176. The number of hydrogen-bond acceptors (Lipinski definition) is 2. The molecule has 2 aliphatic rings. The Balaban J connectivity index is 2.15. The molecule has 1 saturated heterocycles. The van der Waals surface area contributed by atoms with Gasteiger partial charge in [0.2, 0.25) is 5.91 Å². The summed E-state index contributed by atoms with van der Waals surface area (Å²) < 4.78 is 0. The van der Waals surface area contributed by atoms with Gasteiger partial charge in [-0.15, -0.1) is 0 Å². The van der Waals surface area contributed by atoms with Crippen LogP contribution in [-0.2, 0) is 11.8 Å². The van der Waals surface area contributed by atoms with Gasteiger partial charge in [0.1, 0.15) is 0 Å². The van der Waals surface area contributed by atoms with Crippen molar-refractivity contribution in [2.24, 2.45) is 11.7 Å². The zero-order valence-corrected chi connectivity index (χ0v) is 11.0. The molecule has 0 spiro atoms. The number of rotatable bonds is 1. The SMILES string of the molecule is CC1C2Cc3ccc(C(N)=O)cc3C1(C)CCN2. The van der Waals surface area contributed by atoms with Crippen molar-refractivity contribution in [1.82, 2.24) is 5.32 Å². The summed E-state index contributed by atoms with van der Waals surface area (Å²) >= 11 is 0. The normalized spacial score (nSPS) is 33.9. The van der Waals surface area contributed by atoms with E-state index < -0.39 is 0 Å². The van der Waals surface area contributed by atoms with E-state index in [4.69, 9.17) is 5.73 Å². The van der Waals surface area contributed by atoms with Crippen LogP contribution >= 0.6 is 0 Å². The topological polar surface area (TPSA) is 55.1 Å². The standard InChI is InChI=1S/C15H20N2O/c1-9-13-8-10-3-4-11(14(16)18)7-12(10)15(9,2)5-6-17-13/h3-4,7,9,13,17H,5-6,8H2,1-2H3,(H2,16,18). The number of carbonyl (C=O) groups is 1. The average molecular weight is 244 g/mol. The predicted molar refractivity (Wildman–Crippen MR) is 71.6 cm³/mol. The van der Waals surface area contributed by atoms with E-state index in [1.165, 1.54) is 11.1 Å². The Labute approximate surface area is 108 Å². The molecule has 2 bridgehead atoms. The van der Waals surface area contributed by atoms with Gasteiger partial charge in [-0.2, -0.15) is 0 Å². The maximum atomic E-state index is 11.4. The Hall–Kier alpha value is -1.35. The van der Waals surface area contributed by atoms with Crippen LogP contribution in [0.3, 0.4) is 0 Å². The van der Waals surface area contributed by atoms with Gasteiger partial charge in [-0.05, 0) is 54.0 Å². The third-order valence-corrected chi connectivity index (χ3v) is 5.11. The molecular formula is C15H20N2O. The zero-order chi connectivity index (χ0) is 12.9. The Morgan fingerprint density at radius 3 is 3.00 bits per heavy atom. The van der Waals surface area contributed by atoms with Crippen molar-refractivity contribution in [3.8, 4) is 0 Å². The summed E-state index contributed by atoms with van der Waals surface area (Å²) in [6.07, 6.45) is 2.19. The second-order valence-electron chi connectivity index (χ2n) is 5.96. The van der Waals surface area contributed by atoms with Crippen molar-refractivity contribution in [1.29, 1.82) is 0 Å². The number of primary amides is 1. The van der Waals surface area contributed by atoms with Crippen molar-refractivity contribution in [3.63, 3.8) is 0 Å². The van der Waals surface area contributed by atoms with Crippen molar-refractivity contribution in [2.75, 3.05) is 6.54 Å². The number of carbonyl (C=O) groups excluding carboxylic acids is 1. The van der Waals surface area contributed by atoms with Crippen LogP contribution in [0.25, 0.3) is 0 Å². The fourth-order valence-electron chi connectivity index (χ4n) is 3.67. The molecule has 0 aromatic heterocycles. The van der Waals surface area contributed by atoms with Crippen LogP contribution in [0.4, 0.5) is 0 Å². The maximum absolute atomic E-state index is 11.4.